The average Bonchev–Trinajstić information content (AvgIpc) is 2.80. The van der Waals surface area contributed by atoms with Crippen LogP contribution < -0.4 is 5.32 Å². The van der Waals surface area contributed by atoms with Crippen LogP contribution in [0.25, 0.3) is 0 Å². The number of anilines is 1. The maximum atomic E-state index is 12.6. The fraction of sp³-hybridized carbons (Fsp3) is 0.176. The summed E-state index contributed by atoms with van der Waals surface area (Å²) in [5, 5.41) is 2.32. The second-order valence-corrected chi connectivity index (χ2v) is 7.63. The summed E-state index contributed by atoms with van der Waals surface area (Å²) in [7, 11) is -4.18. The van der Waals surface area contributed by atoms with Crippen molar-refractivity contribution in [3.05, 3.63) is 59.7 Å². The van der Waals surface area contributed by atoms with Crippen molar-refractivity contribution in [3.63, 3.8) is 0 Å². The molecule has 142 valence electrons. The van der Waals surface area contributed by atoms with E-state index < -0.39 is 39.6 Å². The molecule has 2 amide bonds. The van der Waals surface area contributed by atoms with Gasteiger partial charge in [0.2, 0.25) is 5.91 Å². The van der Waals surface area contributed by atoms with Crippen molar-refractivity contribution in [2.24, 2.45) is 0 Å². The van der Waals surface area contributed by atoms with E-state index in [0.717, 1.165) is 24.3 Å². The number of hydrogen-bond acceptors (Lipinski definition) is 4. The summed E-state index contributed by atoms with van der Waals surface area (Å²) in [5.74, 6) is -1.68. The molecule has 0 bridgehead atoms. The largest absolute Gasteiger partial charge is 0.416 e. The summed E-state index contributed by atoms with van der Waals surface area (Å²) >= 11 is 0. The molecule has 1 aliphatic rings. The first-order chi connectivity index (χ1) is 12.5. The SMILES string of the molecule is CC(C(=O)Nc1ccc(C(F)(F)F)cc1)N1C(=O)c2ccccc2S1(=O)=O. The Morgan fingerprint density at radius 2 is 1.67 bits per heavy atom. The maximum absolute atomic E-state index is 12.6. The summed E-state index contributed by atoms with van der Waals surface area (Å²) in [4.78, 5) is 24.6. The van der Waals surface area contributed by atoms with E-state index in [1.165, 1.54) is 31.2 Å². The molecule has 0 aliphatic carbocycles. The highest BCUT2D eigenvalue weighted by Crippen LogP contribution is 2.32. The Hall–Kier alpha value is -2.88. The van der Waals surface area contributed by atoms with Gasteiger partial charge >= 0.3 is 6.18 Å². The summed E-state index contributed by atoms with van der Waals surface area (Å²) in [6.45, 7) is 1.22. The van der Waals surface area contributed by atoms with E-state index in [1.807, 2.05) is 0 Å². The molecule has 0 spiro atoms. The Labute approximate surface area is 152 Å². The molecule has 0 saturated carbocycles. The highest BCUT2D eigenvalue weighted by atomic mass is 32.2. The van der Waals surface area contributed by atoms with Crippen LogP contribution in [-0.4, -0.2) is 30.6 Å². The van der Waals surface area contributed by atoms with Crippen molar-refractivity contribution in [3.8, 4) is 0 Å². The monoisotopic (exact) mass is 398 g/mol. The number of nitrogens with one attached hydrogen (secondary N) is 1. The summed E-state index contributed by atoms with van der Waals surface area (Å²) < 4.78 is 63.3. The molecule has 27 heavy (non-hydrogen) atoms. The van der Waals surface area contributed by atoms with Gasteiger partial charge in [-0.1, -0.05) is 12.1 Å². The molecule has 6 nitrogen and oxygen atoms in total. The molecular weight excluding hydrogens is 385 g/mol. The highest BCUT2D eigenvalue weighted by Gasteiger charge is 2.45. The van der Waals surface area contributed by atoms with Crippen molar-refractivity contribution >= 4 is 27.5 Å². The third kappa shape index (κ3) is 3.27. The molecule has 10 heteroatoms. The predicted octanol–water partition coefficient (Wildman–Crippen LogP) is 2.88. The number of carbonyl (C=O) groups excluding carboxylic acids is 2. The van der Waals surface area contributed by atoms with E-state index in [-0.39, 0.29) is 16.1 Å². The standard InChI is InChI=1S/C17H13F3N2O4S/c1-10(15(23)21-12-8-6-11(7-9-12)17(18,19)20)22-16(24)13-4-2-3-5-14(13)27(22,25)26/h2-10H,1H3,(H,21,23). The van der Waals surface area contributed by atoms with Gasteiger partial charge in [0, 0.05) is 5.69 Å². The van der Waals surface area contributed by atoms with Gasteiger partial charge in [-0.25, -0.2) is 12.7 Å². The number of fused-ring (bicyclic) bond motifs is 1. The third-order valence-electron chi connectivity index (χ3n) is 4.07. The lowest BCUT2D eigenvalue weighted by molar-refractivity contribution is -0.137. The quantitative estimate of drug-likeness (QED) is 0.862. The van der Waals surface area contributed by atoms with Crippen LogP contribution in [0.5, 0.6) is 0 Å². The van der Waals surface area contributed by atoms with Gasteiger partial charge in [-0.15, -0.1) is 0 Å². The van der Waals surface area contributed by atoms with Crippen LogP contribution in [0.15, 0.2) is 53.4 Å². The first kappa shape index (κ1) is 18.9. The number of benzene rings is 2. The van der Waals surface area contributed by atoms with Gasteiger partial charge < -0.3 is 5.32 Å². The van der Waals surface area contributed by atoms with Crippen LogP contribution in [0.1, 0.15) is 22.8 Å². The Balaban J connectivity index is 1.81. The number of carbonyl (C=O) groups is 2. The number of rotatable bonds is 3. The number of alkyl halides is 3. The molecule has 1 N–H and O–H groups in total. The first-order valence-corrected chi connectivity index (χ1v) is 9.13. The molecule has 0 fully saturated rings. The highest BCUT2D eigenvalue weighted by molar-refractivity contribution is 7.90. The first-order valence-electron chi connectivity index (χ1n) is 7.69. The summed E-state index contributed by atoms with van der Waals surface area (Å²) in [6.07, 6.45) is -4.52. The van der Waals surface area contributed by atoms with Crippen LogP contribution in [0.2, 0.25) is 0 Å². The third-order valence-corrected chi connectivity index (χ3v) is 5.98. The minimum Gasteiger partial charge on any atom is -0.324 e. The molecule has 1 unspecified atom stereocenters. The predicted molar refractivity (Wildman–Crippen MR) is 89.3 cm³/mol. The molecule has 0 aromatic heterocycles. The average molecular weight is 398 g/mol. The van der Waals surface area contributed by atoms with E-state index in [4.69, 9.17) is 0 Å². The molecule has 0 radical (unpaired) electrons. The second-order valence-electron chi connectivity index (χ2n) is 5.84. The molecule has 1 heterocycles. The fourth-order valence-corrected chi connectivity index (χ4v) is 4.41. The van der Waals surface area contributed by atoms with Crippen molar-refractivity contribution < 1.29 is 31.2 Å². The number of nitrogens with zero attached hydrogens (tertiary/aromatic N) is 1. The van der Waals surface area contributed by atoms with Crippen molar-refractivity contribution in [2.45, 2.75) is 24.0 Å². The van der Waals surface area contributed by atoms with E-state index >= 15 is 0 Å². The zero-order valence-corrected chi connectivity index (χ0v) is 14.6. The van der Waals surface area contributed by atoms with Gasteiger partial charge in [-0.3, -0.25) is 9.59 Å². The van der Waals surface area contributed by atoms with Crippen molar-refractivity contribution in [1.29, 1.82) is 0 Å². The number of sulfonamides is 1. The Morgan fingerprint density at radius 1 is 1.07 bits per heavy atom. The fourth-order valence-electron chi connectivity index (χ4n) is 2.68. The lowest BCUT2D eigenvalue weighted by atomic mass is 10.2. The van der Waals surface area contributed by atoms with Gasteiger partial charge in [0.05, 0.1) is 11.1 Å². The smallest absolute Gasteiger partial charge is 0.324 e. The molecule has 2 aromatic carbocycles. The Kier molecular flexibility index (Phi) is 4.46. The molecule has 0 saturated heterocycles. The van der Waals surface area contributed by atoms with Gasteiger partial charge in [-0.2, -0.15) is 13.2 Å². The van der Waals surface area contributed by atoms with Gasteiger partial charge in [0.25, 0.3) is 15.9 Å². The Morgan fingerprint density at radius 3 is 2.22 bits per heavy atom. The van der Waals surface area contributed by atoms with Crippen LogP contribution in [-0.2, 0) is 21.0 Å². The van der Waals surface area contributed by atoms with Gasteiger partial charge in [0.15, 0.2) is 0 Å². The number of halogens is 3. The lowest BCUT2D eigenvalue weighted by Gasteiger charge is -2.22. The maximum Gasteiger partial charge on any atom is 0.416 e. The van der Waals surface area contributed by atoms with Gasteiger partial charge in [-0.05, 0) is 43.3 Å². The molecule has 1 aliphatic heterocycles. The van der Waals surface area contributed by atoms with Crippen LogP contribution >= 0.6 is 0 Å². The molecule has 3 rings (SSSR count). The van der Waals surface area contributed by atoms with Crippen LogP contribution in [0.4, 0.5) is 18.9 Å². The number of hydrogen-bond donors (Lipinski definition) is 1. The second kappa shape index (κ2) is 6.38. The molecular formula is C17H13F3N2O4S. The summed E-state index contributed by atoms with van der Waals surface area (Å²) in [6, 6.07) is 7.84. The lowest BCUT2D eigenvalue weighted by Crippen LogP contribution is -2.45. The number of amides is 2. The van der Waals surface area contributed by atoms with E-state index in [1.54, 1.807) is 0 Å². The topological polar surface area (TPSA) is 83.6 Å². The normalized spacial score (nSPS) is 16.7. The minimum absolute atomic E-state index is 0.0355. The van der Waals surface area contributed by atoms with E-state index in [0.29, 0.717) is 4.31 Å². The molecule has 1 atom stereocenters. The summed E-state index contributed by atoms with van der Waals surface area (Å²) in [5.41, 5.74) is -0.880. The Bertz CT molecular complexity index is 1020. The van der Waals surface area contributed by atoms with E-state index in [2.05, 4.69) is 5.32 Å². The molecule has 2 aromatic rings. The zero-order chi connectivity index (χ0) is 20.0. The van der Waals surface area contributed by atoms with Crippen molar-refractivity contribution in [2.75, 3.05) is 5.32 Å². The minimum atomic E-state index is -4.52. The van der Waals surface area contributed by atoms with Crippen LogP contribution in [0.3, 0.4) is 0 Å². The van der Waals surface area contributed by atoms with Crippen molar-refractivity contribution in [1.82, 2.24) is 4.31 Å². The van der Waals surface area contributed by atoms with Gasteiger partial charge in [0.1, 0.15) is 10.9 Å². The van der Waals surface area contributed by atoms with E-state index in [9.17, 15) is 31.2 Å². The zero-order valence-electron chi connectivity index (χ0n) is 13.8. The van der Waals surface area contributed by atoms with Crippen LogP contribution in [0, 0.1) is 0 Å².